The van der Waals surface area contributed by atoms with Crippen molar-refractivity contribution in [1.82, 2.24) is 14.5 Å². The van der Waals surface area contributed by atoms with Gasteiger partial charge in [-0.2, -0.15) is 0 Å². The Morgan fingerprint density at radius 3 is 2.85 bits per heavy atom. The number of carbonyl (C=O) groups is 2. The van der Waals surface area contributed by atoms with Crippen molar-refractivity contribution in [3.63, 3.8) is 0 Å². The summed E-state index contributed by atoms with van der Waals surface area (Å²) in [5.41, 5.74) is -0.0492. The molecule has 7 nitrogen and oxygen atoms in total. The molecule has 1 aliphatic heterocycles. The van der Waals surface area contributed by atoms with E-state index in [2.05, 4.69) is 4.98 Å². The van der Waals surface area contributed by atoms with Gasteiger partial charge < -0.3 is 9.64 Å². The summed E-state index contributed by atoms with van der Waals surface area (Å²) in [6.07, 6.45) is 2.71. The van der Waals surface area contributed by atoms with Crippen molar-refractivity contribution < 1.29 is 14.3 Å². The minimum atomic E-state index is -0.392. The molecule has 2 aromatic rings. The van der Waals surface area contributed by atoms with E-state index in [4.69, 9.17) is 27.9 Å². The van der Waals surface area contributed by atoms with Gasteiger partial charge >= 0.3 is 5.97 Å². The van der Waals surface area contributed by atoms with E-state index in [1.54, 1.807) is 11.8 Å². The number of fused-ring (bicyclic) bond motifs is 1. The van der Waals surface area contributed by atoms with Gasteiger partial charge in [0.15, 0.2) is 0 Å². The van der Waals surface area contributed by atoms with Crippen LogP contribution in [0.5, 0.6) is 0 Å². The topological polar surface area (TPSA) is 81.5 Å². The third-order valence-corrected chi connectivity index (χ3v) is 5.05. The molecule has 1 atom stereocenters. The molecule has 0 N–H and O–H groups in total. The van der Waals surface area contributed by atoms with Crippen molar-refractivity contribution in [3.05, 3.63) is 38.9 Å². The average molecular weight is 412 g/mol. The molecule has 1 aromatic heterocycles. The van der Waals surface area contributed by atoms with Crippen molar-refractivity contribution in [1.29, 1.82) is 0 Å². The molecule has 0 spiro atoms. The predicted molar refractivity (Wildman–Crippen MR) is 102 cm³/mol. The third-order valence-electron chi connectivity index (χ3n) is 4.55. The van der Waals surface area contributed by atoms with Gasteiger partial charge in [0.05, 0.1) is 34.8 Å². The highest BCUT2D eigenvalue weighted by atomic mass is 35.5. The number of ether oxygens (including phenoxy) is 1. The van der Waals surface area contributed by atoms with Gasteiger partial charge in [-0.05, 0) is 31.9 Å². The Balaban J connectivity index is 1.79. The zero-order valence-corrected chi connectivity index (χ0v) is 16.3. The molecule has 1 amide bonds. The van der Waals surface area contributed by atoms with Crippen LogP contribution in [0.3, 0.4) is 0 Å². The van der Waals surface area contributed by atoms with Gasteiger partial charge in [0, 0.05) is 18.1 Å². The molecule has 3 rings (SSSR count). The second kappa shape index (κ2) is 8.27. The maximum atomic E-state index is 12.7. The molecule has 9 heteroatoms. The lowest BCUT2D eigenvalue weighted by molar-refractivity contribution is -0.151. The van der Waals surface area contributed by atoms with Gasteiger partial charge in [0.1, 0.15) is 6.54 Å². The van der Waals surface area contributed by atoms with Crippen LogP contribution in [0.2, 0.25) is 10.0 Å². The number of carbonyl (C=O) groups excluding carboxylic acids is 2. The lowest BCUT2D eigenvalue weighted by Crippen LogP contribution is -2.45. The molecule has 1 aliphatic rings. The van der Waals surface area contributed by atoms with Crippen molar-refractivity contribution in [3.8, 4) is 0 Å². The smallest absolute Gasteiger partial charge is 0.310 e. The summed E-state index contributed by atoms with van der Waals surface area (Å²) in [4.78, 5) is 43.0. The summed E-state index contributed by atoms with van der Waals surface area (Å²) in [5, 5.41) is 0.857. The average Bonchev–Trinajstić information content (AvgIpc) is 2.64. The van der Waals surface area contributed by atoms with Crippen LogP contribution < -0.4 is 5.56 Å². The Hall–Kier alpha value is -2.12. The normalized spacial score (nSPS) is 17.1. The van der Waals surface area contributed by atoms with E-state index in [1.165, 1.54) is 23.0 Å². The summed E-state index contributed by atoms with van der Waals surface area (Å²) in [7, 11) is 0. The fourth-order valence-electron chi connectivity index (χ4n) is 3.21. The van der Waals surface area contributed by atoms with Crippen LogP contribution in [0, 0.1) is 5.92 Å². The second-order valence-corrected chi connectivity index (χ2v) is 7.24. The highest BCUT2D eigenvalue weighted by Gasteiger charge is 2.29. The van der Waals surface area contributed by atoms with Crippen LogP contribution in [-0.4, -0.2) is 46.0 Å². The first-order chi connectivity index (χ1) is 12.9. The molecule has 0 saturated carbocycles. The summed E-state index contributed by atoms with van der Waals surface area (Å²) >= 11 is 12.0. The van der Waals surface area contributed by atoms with E-state index < -0.39 is 5.56 Å². The third kappa shape index (κ3) is 4.25. The van der Waals surface area contributed by atoms with Crippen molar-refractivity contribution in [2.45, 2.75) is 26.3 Å². The van der Waals surface area contributed by atoms with Crippen molar-refractivity contribution >= 4 is 46.0 Å². The Morgan fingerprint density at radius 2 is 2.11 bits per heavy atom. The number of aromatic nitrogens is 2. The first kappa shape index (κ1) is 19.6. The van der Waals surface area contributed by atoms with Crippen molar-refractivity contribution in [2.75, 3.05) is 19.7 Å². The molecule has 0 bridgehead atoms. The molecule has 2 heterocycles. The lowest BCUT2D eigenvalue weighted by atomic mass is 9.98. The number of rotatable bonds is 4. The number of likely N-dealkylation sites (tertiary alicyclic amines) is 1. The standard InChI is InChI=1S/C18H19Cl2N3O4/c1-2-27-18(26)11-4-3-5-22(8-11)15(24)9-23-10-21-16-13(17(23)25)6-12(19)7-14(16)20/h6-7,10-11H,2-5,8-9H2,1H3. The lowest BCUT2D eigenvalue weighted by Gasteiger charge is -2.31. The van der Waals surface area contributed by atoms with Gasteiger partial charge in [-0.25, -0.2) is 4.98 Å². The van der Waals surface area contributed by atoms with Gasteiger partial charge in [-0.1, -0.05) is 23.2 Å². The van der Waals surface area contributed by atoms with E-state index >= 15 is 0 Å². The van der Waals surface area contributed by atoms with Crippen LogP contribution >= 0.6 is 23.2 Å². The molecule has 1 fully saturated rings. The highest BCUT2D eigenvalue weighted by Crippen LogP contribution is 2.24. The molecule has 27 heavy (non-hydrogen) atoms. The predicted octanol–water partition coefficient (Wildman–Crippen LogP) is 2.51. The second-order valence-electron chi connectivity index (χ2n) is 6.39. The number of halogens is 2. The Bertz CT molecular complexity index is 944. The maximum Gasteiger partial charge on any atom is 0.310 e. The van der Waals surface area contributed by atoms with E-state index in [9.17, 15) is 14.4 Å². The molecule has 1 aromatic carbocycles. The van der Waals surface area contributed by atoms with Crippen LogP contribution in [0.4, 0.5) is 0 Å². The fraction of sp³-hybridized carbons (Fsp3) is 0.444. The van der Waals surface area contributed by atoms with Crippen LogP contribution in [0.25, 0.3) is 10.9 Å². The quantitative estimate of drug-likeness (QED) is 0.721. The van der Waals surface area contributed by atoms with Gasteiger partial charge in [0.2, 0.25) is 5.91 Å². The number of esters is 1. The van der Waals surface area contributed by atoms with Crippen LogP contribution in [-0.2, 0) is 20.9 Å². The van der Waals surface area contributed by atoms with E-state index in [0.29, 0.717) is 43.1 Å². The number of nitrogens with zero attached hydrogens (tertiary/aromatic N) is 3. The van der Waals surface area contributed by atoms with Gasteiger partial charge in [0.25, 0.3) is 5.56 Å². The molecule has 0 radical (unpaired) electrons. The minimum absolute atomic E-state index is 0.165. The zero-order valence-electron chi connectivity index (χ0n) is 14.8. The van der Waals surface area contributed by atoms with E-state index in [0.717, 1.165) is 0 Å². The fourth-order valence-corrected chi connectivity index (χ4v) is 3.75. The van der Waals surface area contributed by atoms with E-state index in [-0.39, 0.29) is 34.7 Å². The summed E-state index contributed by atoms with van der Waals surface area (Å²) in [5.74, 6) is -0.865. The van der Waals surface area contributed by atoms with Crippen molar-refractivity contribution in [2.24, 2.45) is 5.92 Å². The Kier molecular flexibility index (Phi) is 6.01. The number of hydrogen-bond donors (Lipinski definition) is 0. The number of amides is 1. The van der Waals surface area contributed by atoms with Crippen LogP contribution in [0.15, 0.2) is 23.3 Å². The summed E-state index contributed by atoms with van der Waals surface area (Å²) in [6, 6.07) is 2.99. The maximum absolute atomic E-state index is 12.7. The van der Waals surface area contributed by atoms with Crippen LogP contribution in [0.1, 0.15) is 19.8 Å². The summed E-state index contributed by atoms with van der Waals surface area (Å²) < 4.78 is 6.28. The summed E-state index contributed by atoms with van der Waals surface area (Å²) in [6.45, 7) is 2.74. The SMILES string of the molecule is CCOC(=O)C1CCCN(C(=O)Cn2cnc3c(Cl)cc(Cl)cc3c2=O)C1. The first-order valence-corrected chi connectivity index (χ1v) is 9.45. The molecular formula is C18H19Cl2N3O4. The molecule has 0 aliphatic carbocycles. The monoisotopic (exact) mass is 411 g/mol. The Labute approximate surface area is 165 Å². The highest BCUT2D eigenvalue weighted by molar-refractivity contribution is 6.38. The van der Waals surface area contributed by atoms with Gasteiger partial charge in [-0.3, -0.25) is 19.0 Å². The Morgan fingerprint density at radius 1 is 1.33 bits per heavy atom. The number of benzene rings is 1. The van der Waals surface area contributed by atoms with Gasteiger partial charge in [-0.15, -0.1) is 0 Å². The molecule has 1 unspecified atom stereocenters. The zero-order chi connectivity index (χ0) is 19.6. The largest absolute Gasteiger partial charge is 0.466 e. The number of piperidine rings is 1. The number of hydrogen-bond acceptors (Lipinski definition) is 5. The minimum Gasteiger partial charge on any atom is -0.466 e. The first-order valence-electron chi connectivity index (χ1n) is 8.69. The van der Waals surface area contributed by atoms with E-state index in [1.807, 2.05) is 0 Å². The molecule has 1 saturated heterocycles. The molecular weight excluding hydrogens is 393 g/mol. The molecule has 144 valence electrons.